The third kappa shape index (κ3) is 2.23. The van der Waals surface area contributed by atoms with Gasteiger partial charge in [0.15, 0.2) is 0 Å². The summed E-state index contributed by atoms with van der Waals surface area (Å²) in [5.41, 5.74) is 2.17. The molecule has 0 spiro atoms. The Kier molecular flexibility index (Phi) is 3.44. The van der Waals surface area contributed by atoms with E-state index in [9.17, 15) is 5.11 Å². The summed E-state index contributed by atoms with van der Waals surface area (Å²) in [6, 6.07) is 0. The molecular weight excluding hydrogens is 256 g/mol. The summed E-state index contributed by atoms with van der Waals surface area (Å²) in [5.74, 6) is 1.24. The lowest BCUT2D eigenvalue weighted by molar-refractivity contribution is -0.0883. The predicted octanol–water partition coefficient (Wildman–Crippen LogP) is 5.11. The maximum Gasteiger partial charge on any atom is 0.0756 e. The fourth-order valence-corrected chi connectivity index (χ4v) is 5.91. The van der Waals surface area contributed by atoms with Crippen molar-refractivity contribution in [1.29, 1.82) is 0 Å². The van der Waals surface area contributed by atoms with Gasteiger partial charge < -0.3 is 5.11 Å². The molecule has 1 heteroatoms. The van der Waals surface area contributed by atoms with Crippen LogP contribution in [0.1, 0.15) is 66.2 Å². The monoisotopic (exact) mass is 288 g/mol. The second kappa shape index (κ2) is 4.72. The molecule has 0 aromatic carbocycles. The maximum absolute atomic E-state index is 10.8. The van der Waals surface area contributed by atoms with Crippen molar-refractivity contribution < 1.29 is 5.11 Å². The first-order valence-corrected chi connectivity index (χ1v) is 8.76. The van der Waals surface area contributed by atoms with E-state index in [-0.39, 0.29) is 11.5 Å². The zero-order valence-corrected chi connectivity index (χ0v) is 14.3. The molecule has 3 rings (SSSR count). The third-order valence-electron chi connectivity index (χ3n) is 7.25. The van der Waals surface area contributed by atoms with Crippen molar-refractivity contribution in [3.05, 3.63) is 24.3 Å². The minimum atomic E-state index is -0.231. The third-order valence-corrected chi connectivity index (χ3v) is 7.25. The number of aliphatic hydroxyl groups excluding tert-OH is 1. The van der Waals surface area contributed by atoms with E-state index in [2.05, 4.69) is 46.4 Å². The number of fused-ring (bicyclic) bond motifs is 3. The minimum Gasteiger partial charge on any atom is -0.389 e. The first kappa shape index (κ1) is 15.3. The quantitative estimate of drug-likeness (QED) is 0.665. The van der Waals surface area contributed by atoms with Gasteiger partial charge in [0, 0.05) is 5.41 Å². The van der Waals surface area contributed by atoms with Gasteiger partial charge in [0.1, 0.15) is 0 Å². The van der Waals surface area contributed by atoms with E-state index in [1.807, 2.05) is 0 Å². The molecule has 2 saturated carbocycles. The molecule has 118 valence electrons. The van der Waals surface area contributed by atoms with E-state index >= 15 is 0 Å². The molecule has 0 aliphatic heterocycles. The molecule has 2 fully saturated rings. The van der Waals surface area contributed by atoms with E-state index in [1.54, 1.807) is 0 Å². The Morgan fingerprint density at radius 2 is 1.90 bits per heavy atom. The summed E-state index contributed by atoms with van der Waals surface area (Å²) in [6.45, 7) is 13.6. The lowest BCUT2D eigenvalue weighted by Gasteiger charge is -2.60. The molecule has 0 unspecified atom stereocenters. The van der Waals surface area contributed by atoms with Crippen LogP contribution in [0.25, 0.3) is 0 Å². The van der Waals surface area contributed by atoms with Crippen molar-refractivity contribution >= 4 is 0 Å². The maximum atomic E-state index is 10.8. The van der Waals surface area contributed by atoms with Crippen LogP contribution >= 0.6 is 0 Å². The second-order valence-corrected chi connectivity index (χ2v) is 9.10. The SMILES string of the molecule is C=C[C@@]1(C)C=C2[C@@H](CC1)[C@]1(C)CCCC(C)(C)[C@H]1C[C@@H]2O. The van der Waals surface area contributed by atoms with Gasteiger partial charge in [-0.05, 0) is 60.3 Å². The summed E-state index contributed by atoms with van der Waals surface area (Å²) < 4.78 is 0. The molecule has 0 bridgehead atoms. The van der Waals surface area contributed by atoms with Crippen molar-refractivity contribution in [2.24, 2.45) is 28.1 Å². The summed E-state index contributed by atoms with van der Waals surface area (Å²) in [6.07, 6.45) is 11.6. The zero-order chi connectivity index (χ0) is 15.5. The van der Waals surface area contributed by atoms with E-state index in [0.29, 0.717) is 22.7 Å². The Bertz CT molecular complexity index is 474. The van der Waals surface area contributed by atoms with E-state index in [0.717, 1.165) is 6.42 Å². The number of hydrogen-bond donors (Lipinski definition) is 1. The summed E-state index contributed by atoms with van der Waals surface area (Å²) >= 11 is 0. The van der Waals surface area contributed by atoms with Crippen molar-refractivity contribution in [2.75, 3.05) is 0 Å². The molecule has 0 amide bonds. The molecule has 0 saturated heterocycles. The van der Waals surface area contributed by atoms with Gasteiger partial charge in [-0.1, -0.05) is 46.3 Å². The average Bonchev–Trinajstić information content (AvgIpc) is 2.41. The molecule has 0 radical (unpaired) electrons. The lowest BCUT2D eigenvalue weighted by Crippen LogP contribution is -2.54. The lowest BCUT2D eigenvalue weighted by atomic mass is 9.45. The Morgan fingerprint density at radius 1 is 1.19 bits per heavy atom. The van der Waals surface area contributed by atoms with Crippen LogP contribution in [-0.4, -0.2) is 11.2 Å². The second-order valence-electron chi connectivity index (χ2n) is 9.10. The fourth-order valence-electron chi connectivity index (χ4n) is 5.91. The molecule has 3 aliphatic carbocycles. The van der Waals surface area contributed by atoms with Gasteiger partial charge in [-0.15, -0.1) is 6.58 Å². The molecule has 0 aromatic heterocycles. The van der Waals surface area contributed by atoms with Gasteiger partial charge in [0.05, 0.1) is 6.10 Å². The smallest absolute Gasteiger partial charge is 0.0756 e. The molecule has 0 aromatic rings. The molecule has 1 nitrogen and oxygen atoms in total. The molecular formula is C20H32O. The van der Waals surface area contributed by atoms with Gasteiger partial charge in [-0.3, -0.25) is 0 Å². The molecule has 1 N–H and O–H groups in total. The first-order chi connectivity index (χ1) is 9.72. The van der Waals surface area contributed by atoms with Crippen LogP contribution in [0.4, 0.5) is 0 Å². The zero-order valence-electron chi connectivity index (χ0n) is 14.3. The topological polar surface area (TPSA) is 20.2 Å². The van der Waals surface area contributed by atoms with Gasteiger partial charge in [0.2, 0.25) is 0 Å². The van der Waals surface area contributed by atoms with E-state index in [1.165, 1.54) is 37.7 Å². The number of allylic oxidation sites excluding steroid dienone is 2. The van der Waals surface area contributed by atoms with Crippen LogP contribution in [0.3, 0.4) is 0 Å². The highest BCUT2D eigenvalue weighted by atomic mass is 16.3. The van der Waals surface area contributed by atoms with Crippen LogP contribution < -0.4 is 0 Å². The van der Waals surface area contributed by atoms with Crippen LogP contribution in [0.2, 0.25) is 0 Å². The van der Waals surface area contributed by atoms with Crippen LogP contribution in [0.15, 0.2) is 24.3 Å². The van der Waals surface area contributed by atoms with Crippen LogP contribution in [0.5, 0.6) is 0 Å². The Labute approximate surface area is 130 Å². The van der Waals surface area contributed by atoms with Crippen molar-refractivity contribution in [2.45, 2.75) is 72.3 Å². The van der Waals surface area contributed by atoms with Crippen molar-refractivity contribution in [3.63, 3.8) is 0 Å². The highest BCUT2D eigenvalue weighted by Crippen LogP contribution is 2.63. The van der Waals surface area contributed by atoms with E-state index < -0.39 is 0 Å². The largest absolute Gasteiger partial charge is 0.389 e. The Morgan fingerprint density at radius 3 is 2.57 bits per heavy atom. The highest BCUT2D eigenvalue weighted by molar-refractivity contribution is 5.29. The standard InChI is InChI=1S/C20H32O/c1-6-19(4)11-8-15-14(13-19)16(21)12-17-18(2,3)9-7-10-20(15,17)5/h6,13,15-17,21H,1,7-12H2,2-5H3/t15-,16+,17-,19-,20+/m1/s1. The molecule has 5 atom stereocenters. The average molecular weight is 288 g/mol. The Hall–Kier alpha value is -0.560. The first-order valence-electron chi connectivity index (χ1n) is 8.76. The Balaban J connectivity index is 2.03. The van der Waals surface area contributed by atoms with Crippen molar-refractivity contribution in [3.8, 4) is 0 Å². The molecule has 0 heterocycles. The van der Waals surface area contributed by atoms with Gasteiger partial charge in [-0.25, -0.2) is 0 Å². The van der Waals surface area contributed by atoms with E-state index in [4.69, 9.17) is 0 Å². The molecule has 3 aliphatic rings. The minimum absolute atomic E-state index is 0.0835. The van der Waals surface area contributed by atoms with Crippen LogP contribution in [-0.2, 0) is 0 Å². The normalized spacial score (nSPS) is 48.8. The number of rotatable bonds is 1. The predicted molar refractivity (Wildman–Crippen MR) is 89.0 cm³/mol. The number of aliphatic hydroxyl groups is 1. The van der Waals surface area contributed by atoms with Gasteiger partial charge in [0.25, 0.3) is 0 Å². The number of hydrogen-bond acceptors (Lipinski definition) is 1. The summed E-state index contributed by atoms with van der Waals surface area (Å²) in [4.78, 5) is 0. The van der Waals surface area contributed by atoms with Crippen LogP contribution in [0, 0.1) is 28.1 Å². The fraction of sp³-hybridized carbons (Fsp3) is 0.800. The van der Waals surface area contributed by atoms with Gasteiger partial charge >= 0.3 is 0 Å². The molecule has 21 heavy (non-hydrogen) atoms. The summed E-state index contributed by atoms with van der Waals surface area (Å²) in [5, 5.41) is 10.8. The van der Waals surface area contributed by atoms with Gasteiger partial charge in [-0.2, -0.15) is 0 Å². The van der Waals surface area contributed by atoms with Crippen molar-refractivity contribution in [1.82, 2.24) is 0 Å². The summed E-state index contributed by atoms with van der Waals surface area (Å²) in [7, 11) is 0. The highest BCUT2D eigenvalue weighted by Gasteiger charge is 2.56.